The smallest absolute Gasteiger partial charge is 0.241 e. The lowest BCUT2D eigenvalue weighted by Crippen LogP contribution is -2.35. The molecule has 1 unspecified atom stereocenters. The number of carbonyl (C=O) groups is 1. The maximum atomic E-state index is 11.9. The SMILES string of the molecule is Cl.O=C(Nc1ccc2[nH]ccc2c1)C1CCCN1. The Kier molecular flexibility index (Phi) is 3.89. The van der Waals surface area contributed by atoms with Crippen LogP contribution in [0.3, 0.4) is 0 Å². The van der Waals surface area contributed by atoms with E-state index in [0.29, 0.717) is 0 Å². The second-order valence-corrected chi connectivity index (χ2v) is 4.42. The molecule has 18 heavy (non-hydrogen) atoms. The van der Waals surface area contributed by atoms with Gasteiger partial charge in [0.15, 0.2) is 0 Å². The van der Waals surface area contributed by atoms with Gasteiger partial charge in [0.1, 0.15) is 0 Å². The molecule has 0 saturated carbocycles. The van der Waals surface area contributed by atoms with Crippen molar-refractivity contribution in [3.63, 3.8) is 0 Å². The number of aromatic amines is 1. The van der Waals surface area contributed by atoms with Crippen molar-refractivity contribution in [2.45, 2.75) is 18.9 Å². The van der Waals surface area contributed by atoms with Crippen molar-refractivity contribution in [2.24, 2.45) is 0 Å². The molecule has 1 saturated heterocycles. The molecule has 0 radical (unpaired) electrons. The number of hydrogen-bond acceptors (Lipinski definition) is 2. The van der Waals surface area contributed by atoms with Crippen molar-refractivity contribution in [3.05, 3.63) is 30.5 Å². The van der Waals surface area contributed by atoms with Crippen LogP contribution in [0.5, 0.6) is 0 Å². The summed E-state index contributed by atoms with van der Waals surface area (Å²) in [4.78, 5) is 15.0. The van der Waals surface area contributed by atoms with E-state index in [9.17, 15) is 4.79 Å². The third-order valence-corrected chi connectivity index (χ3v) is 3.20. The Morgan fingerprint density at radius 1 is 1.33 bits per heavy atom. The lowest BCUT2D eigenvalue weighted by molar-refractivity contribution is -0.117. The van der Waals surface area contributed by atoms with Crippen molar-refractivity contribution < 1.29 is 4.79 Å². The summed E-state index contributed by atoms with van der Waals surface area (Å²) < 4.78 is 0. The zero-order chi connectivity index (χ0) is 11.7. The summed E-state index contributed by atoms with van der Waals surface area (Å²) in [6, 6.07) is 7.85. The van der Waals surface area contributed by atoms with Crippen LogP contribution in [0.4, 0.5) is 5.69 Å². The number of hydrogen-bond donors (Lipinski definition) is 3. The zero-order valence-corrected chi connectivity index (χ0v) is 10.7. The summed E-state index contributed by atoms with van der Waals surface area (Å²) in [6.07, 6.45) is 3.90. The molecular weight excluding hydrogens is 250 g/mol. The molecule has 96 valence electrons. The van der Waals surface area contributed by atoms with Crippen molar-refractivity contribution >= 4 is 34.9 Å². The Morgan fingerprint density at radius 2 is 2.22 bits per heavy atom. The third-order valence-electron chi connectivity index (χ3n) is 3.20. The fraction of sp³-hybridized carbons (Fsp3) is 0.308. The van der Waals surface area contributed by atoms with Gasteiger partial charge >= 0.3 is 0 Å². The first-order chi connectivity index (χ1) is 8.33. The van der Waals surface area contributed by atoms with Crippen LogP contribution in [0, 0.1) is 0 Å². The minimum Gasteiger partial charge on any atom is -0.361 e. The molecule has 1 aromatic carbocycles. The van der Waals surface area contributed by atoms with Gasteiger partial charge in [-0.3, -0.25) is 4.79 Å². The molecule has 3 rings (SSSR count). The lowest BCUT2D eigenvalue weighted by atomic mass is 10.2. The molecule has 2 aromatic rings. The number of aromatic nitrogens is 1. The summed E-state index contributed by atoms with van der Waals surface area (Å²) in [7, 11) is 0. The average molecular weight is 266 g/mol. The number of rotatable bonds is 2. The van der Waals surface area contributed by atoms with Gasteiger partial charge in [-0.15, -0.1) is 12.4 Å². The Morgan fingerprint density at radius 3 is 3.00 bits per heavy atom. The maximum absolute atomic E-state index is 11.9. The van der Waals surface area contributed by atoms with Crippen LogP contribution in [-0.2, 0) is 4.79 Å². The first kappa shape index (κ1) is 12.9. The van der Waals surface area contributed by atoms with Crippen LogP contribution < -0.4 is 10.6 Å². The first-order valence-electron chi connectivity index (χ1n) is 5.94. The van der Waals surface area contributed by atoms with Gasteiger partial charge in [0.25, 0.3) is 0 Å². The highest BCUT2D eigenvalue weighted by Gasteiger charge is 2.21. The Labute approximate surface area is 112 Å². The van der Waals surface area contributed by atoms with Crippen molar-refractivity contribution in [1.82, 2.24) is 10.3 Å². The minimum atomic E-state index is -0.0306. The van der Waals surface area contributed by atoms with Gasteiger partial charge in [0.2, 0.25) is 5.91 Å². The highest BCUT2D eigenvalue weighted by atomic mass is 35.5. The first-order valence-corrected chi connectivity index (χ1v) is 5.94. The third kappa shape index (κ3) is 2.49. The molecule has 1 aliphatic heterocycles. The summed E-state index contributed by atoms with van der Waals surface area (Å²) in [5.74, 6) is 0.0670. The zero-order valence-electron chi connectivity index (χ0n) is 9.90. The number of amides is 1. The molecule has 3 N–H and O–H groups in total. The van der Waals surface area contributed by atoms with Gasteiger partial charge in [-0.1, -0.05) is 0 Å². The number of halogens is 1. The van der Waals surface area contributed by atoms with Crippen LogP contribution in [0.15, 0.2) is 30.5 Å². The molecule has 5 heteroatoms. The monoisotopic (exact) mass is 265 g/mol. The van der Waals surface area contributed by atoms with E-state index in [1.54, 1.807) is 0 Å². The van der Waals surface area contributed by atoms with Crippen LogP contribution in [0.25, 0.3) is 10.9 Å². The van der Waals surface area contributed by atoms with Crippen molar-refractivity contribution in [3.8, 4) is 0 Å². The topological polar surface area (TPSA) is 56.9 Å². The molecule has 1 aromatic heterocycles. The van der Waals surface area contributed by atoms with Gasteiger partial charge in [-0.05, 0) is 43.7 Å². The molecule has 1 amide bonds. The Hall–Kier alpha value is -1.52. The number of H-pyrrole nitrogens is 1. The van der Waals surface area contributed by atoms with Gasteiger partial charge in [0, 0.05) is 22.8 Å². The van der Waals surface area contributed by atoms with E-state index in [2.05, 4.69) is 15.6 Å². The largest absolute Gasteiger partial charge is 0.361 e. The van der Waals surface area contributed by atoms with E-state index < -0.39 is 0 Å². The van der Waals surface area contributed by atoms with Crippen LogP contribution in [-0.4, -0.2) is 23.5 Å². The lowest BCUT2D eigenvalue weighted by Gasteiger charge is -2.11. The van der Waals surface area contributed by atoms with E-state index >= 15 is 0 Å². The van der Waals surface area contributed by atoms with E-state index in [1.807, 2.05) is 30.5 Å². The van der Waals surface area contributed by atoms with Gasteiger partial charge in [-0.2, -0.15) is 0 Å². The summed E-state index contributed by atoms with van der Waals surface area (Å²) in [5.41, 5.74) is 1.94. The van der Waals surface area contributed by atoms with Crippen molar-refractivity contribution in [2.75, 3.05) is 11.9 Å². The van der Waals surface area contributed by atoms with Gasteiger partial charge in [-0.25, -0.2) is 0 Å². The molecular formula is C13H16ClN3O. The maximum Gasteiger partial charge on any atom is 0.241 e. The minimum absolute atomic E-state index is 0. The van der Waals surface area contributed by atoms with Crippen LogP contribution in [0.1, 0.15) is 12.8 Å². The van der Waals surface area contributed by atoms with Crippen molar-refractivity contribution in [1.29, 1.82) is 0 Å². The number of anilines is 1. The highest BCUT2D eigenvalue weighted by Crippen LogP contribution is 2.18. The summed E-state index contributed by atoms with van der Waals surface area (Å²) in [6.45, 7) is 0.939. The molecule has 0 aliphatic carbocycles. The fourth-order valence-electron chi connectivity index (χ4n) is 2.27. The second-order valence-electron chi connectivity index (χ2n) is 4.42. The predicted molar refractivity (Wildman–Crippen MR) is 75.2 cm³/mol. The van der Waals surface area contributed by atoms with E-state index in [-0.39, 0.29) is 24.4 Å². The Balaban J connectivity index is 0.00000120. The van der Waals surface area contributed by atoms with Crippen LogP contribution in [0.2, 0.25) is 0 Å². The second kappa shape index (κ2) is 5.42. The quantitative estimate of drug-likeness (QED) is 0.780. The molecule has 0 bridgehead atoms. The standard InChI is InChI=1S/C13H15N3O.ClH/c17-13(12-2-1-6-14-12)16-10-3-4-11-9(8-10)5-7-15-11;/h3-5,7-8,12,14-15H,1-2,6H2,(H,16,17);1H. The molecule has 1 fully saturated rings. The number of carbonyl (C=O) groups excluding carboxylic acids is 1. The van der Waals surface area contributed by atoms with Gasteiger partial charge in [0.05, 0.1) is 6.04 Å². The normalized spacial score (nSPS) is 18.6. The molecule has 1 atom stereocenters. The number of fused-ring (bicyclic) bond motifs is 1. The highest BCUT2D eigenvalue weighted by molar-refractivity contribution is 5.97. The van der Waals surface area contributed by atoms with Crippen LogP contribution >= 0.6 is 12.4 Å². The Bertz CT molecular complexity index is 546. The number of nitrogens with one attached hydrogen (secondary N) is 3. The molecule has 2 heterocycles. The fourth-order valence-corrected chi connectivity index (χ4v) is 2.27. The molecule has 0 spiro atoms. The average Bonchev–Trinajstić information content (AvgIpc) is 2.99. The van der Waals surface area contributed by atoms with E-state index in [4.69, 9.17) is 0 Å². The van der Waals surface area contributed by atoms with E-state index in [1.165, 1.54) is 0 Å². The van der Waals surface area contributed by atoms with Gasteiger partial charge < -0.3 is 15.6 Å². The molecule has 1 aliphatic rings. The predicted octanol–water partition coefficient (Wildman–Crippen LogP) is 2.28. The number of benzene rings is 1. The summed E-state index contributed by atoms with van der Waals surface area (Å²) in [5, 5.41) is 7.25. The summed E-state index contributed by atoms with van der Waals surface area (Å²) >= 11 is 0. The van der Waals surface area contributed by atoms with E-state index in [0.717, 1.165) is 36.0 Å². The molecule has 4 nitrogen and oxygen atoms in total.